The predicted octanol–water partition coefficient (Wildman–Crippen LogP) is 1.49. The maximum Gasteiger partial charge on any atom is 0.0827 e. The van der Waals surface area contributed by atoms with Gasteiger partial charge >= 0.3 is 0 Å². The Bertz CT molecular complexity index is 477. The van der Waals surface area contributed by atoms with E-state index in [2.05, 4.69) is 22.1 Å². The monoisotopic (exact) mass is 270 g/mol. The van der Waals surface area contributed by atoms with E-state index in [0.717, 1.165) is 31.8 Å². The topological polar surface area (TPSA) is 24.5 Å². The molecule has 0 saturated carbocycles. The summed E-state index contributed by atoms with van der Waals surface area (Å²) in [5, 5.41) is 3.38. The van der Waals surface area contributed by atoms with Crippen molar-refractivity contribution in [3.63, 3.8) is 0 Å². The van der Waals surface area contributed by atoms with Crippen LogP contribution in [0.2, 0.25) is 0 Å². The van der Waals surface area contributed by atoms with Crippen molar-refractivity contribution < 1.29 is 4.74 Å². The fourth-order valence-electron chi connectivity index (χ4n) is 2.97. The molecule has 0 aromatic heterocycles. The van der Waals surface area contributed by atoms with Gasteiger partial charge in [-0.2, -0.15) is 0 Å². The van der Waals surface area contributed by atoms with Crippen molar-refractivity contribution in [2.45, 2.75) is 25.0 Å². The molecule has 3 nitrogen and oxygen atoms in total. The van der Waals surface area contributed by atoms with Crippen molar-refractivity contribution in [3.05, 3.63) is 35.9 Å². The summed E-state index contributed by atoms with van der Waals surface area (Å²) in [5.41, 5.74) is 1.07. The minimum Gasteiger partial charge on any atom is -0.374 e. The van der Waals surface area contributed by atoms with Gasteiger partial charge in [-0.25, -0.2) is 0 Å². The van der Waals surface area contributed by atoms with Crippen LogP contribution >= 0.6 is 0 Å². The van der Waals surface area contributed by atoms with Crippen molar-refractivity contribution >= 4 is 0 Å². The molecule has 2 saturated heterocycles. The third-order valence-electron chi connectivity index (χ3n) is 4.05. The molecule has 2 unspecified atom stereocenters. The van der Waals surface area contributed by atoms with Gasteiger partial charge < -0.3 is 10.1 Å². The summed E-state index contributed by atoms with van der Waals surface area (Å²) in [6.07, 6.45) is 2.96. The van der Waals surface area contributed by atoms with Gasteiger partial charge in [0.1, 0.15) is 0 Å². The average molecular weight is 270 g/mol. The van der Waals surface area contributed by atoms with Gasteiger partial charge in [0.05, 0.1) is 19.3 Å². The second kappa shape index (κ2) is 6.90. The van der Waals surface area contributed by atoms with Crippen LogP contribution in [0.25, 0.3) is 0 Å². The van der Waals surface area contributed by atoms with Crippen LogP contribution in [0.3, 0.4) is 0 Å². The Labute approximate surface area is 121 Å². The van der Waals surface area contributed by atoms with Crippen LogP contribution in [0.1, 0.15) is 18.4 Å². The second-order valence-electron chi connectivity index (χ2n) is 5.55. The zero-order valence-corrected chi connectivity index (χ0v) is 11.8. The number of fused-ring (bicyclic) bond motifs is 1. The van der Waals surface area contributed by atoms with Crippen LogP contribution in [-0.2, 0) is 4.74 Å². The Morgan fingerprint density at radius 3 is 3.10 bits per heavy atom. The molecule has 1 aromatic carbocycles. The van der Waals surface area contributed by atoms with Crippen LogP contribution in [0.4, 0.5) is 0 Å². The quantitative estimate of drug-likeness (QED) is 0.665. The summed E-state index contributed by atoms with van der Waals surface area (Å²) in [4.78, 5) is 2.57. The Balaban J connectivity index is 1.37. The minimum absolute atomic E-state index is 0.322. The maximum absolute atomic E-state index is 5.90. The minimum atomic E-state index is 0.322. The van der Waals surface area contributed by atoms with Crippen molar-refractivity contribution in [2.24, 2.45) is 0 Å². The van der Waals surface area contributed by atoms with E-state index in [0.29, 0.717) is 12.1 Å². The van der Waals surface area contributed by atoms with E-state index < -0.39 is 0 Å². The Hall–Kier alpha value is -1.34. The van der Waals surface area contributed by atoms with Crippen LogP contribution in [-0.4, -0.2) is 49.8 Å². The SMILES string of the molecule is C(#Cc1ccccc1)CNCC1CN2CCCC2CO1. The smallest absolute Gasteiger partial charge is 0.0827 e. The highest BCUT2D eigenvalue weighted by atomic mass is 16.5. The summed E-state index contributed by atoms with van der Waals surface area (Å²) >= 11 is 0. The van der Waals surface area contributed by atoms with E-state index >= 15 is 0 Å². The fourth-order valence-corrected chi connectivity index (χ4v) is 2.97. The molecule has 3 rings (SSSR count). The van der Waals surface area contributed by atoms with Gasteiger partial charge in [0, 0.05) is 24.7 Å². The summed E-state index contributed by atoms with van der Waals surface area (Å²) in [7, 11) is 0. The van der Waals surface area contributed by atoms with Crippen LogP contribution in [0, 0.1) is 11.8 Å². The normalized spacial score (nSPS) is 25.8. The fraction of sp³-hybridized carbons (Fsp3) is 0.529. The van der Waals surface area contributed by atoms with Gasteiger partial charge in [0.2, 0.25) is 0 Å². The molecule has 2 aliphatic rings. The van der Waals surface area contributed by atoms with Crippen LogP contribution < -0.4 is 5.32 Å². The molecule has 2 aliphatic heterocycles. The molecule has 0 radical (unpaired) electrons. The molecule has 2 heterocycles. The van der Waals surface area contributed by atoms with Crippen molar-refractivity contribution in [1.82, 2.24) is 10.2 Å². The molecule has 1 N–H and O–H groups in total. The number of rotatable bonds is 3. The first-order valence-electron chi connectivity index (χ1n) is 7.52. The van der Waals surface area contributed by atoms with Crippen LogP contribution in [0.15, 0.2) is 30.3 Å². The van der Waals surface area contributed by atoms with Crippen LogP contribution in [0.5, 0.6) is 0 Å². The zero-order chi connectivity index (χ0) is 13.6. The first kappa shape index (κ1) is 13.6. The van der Waals surface area contributed by atoms with Crippen molar-refractivity contribution in [1.29, 1.82) is 0 Å². The maximum atomic E-state index is 5.90. The number of nitrogens with one attached hydrogen (secondary N) is 1. The second-order valence-corrected chi connectivity index (χ2v) is 5.55. The molecule has 0 spiro atoms. The largest absolute Gasteiger partial charge is 0.374 e. The summed E-state index contributed by atoms with van der Waals surface area (Å²) in [6, 6.07) is 10.8. The lowest BCUT2D eigenvalue weighted by molar-refractivity contribution is -0.0465. The van der Waals surface area contributed by atoms with Gasteiger partial charge in [-0.3, -0.25) is 4.90 Å². The molecule has 2 fully saturated rings. The molecule has 2 atom stereocenters. The number of hydrogen-bond acceptors (Lipinski definition) is 3. The van der Waals surface area contributed by atoms with Gasteiger partial charge in [0.15, 0.2) is 0 Å². The van der Waals surface area contributed by atoms with E-state index in [1.54, 1.807) is 0 Å². The summed E-state index contributed by atoms with van der Waals surface area (Å²) in [5.74, 6) is 6.31. The standard InChI is InChI=1S/C17H22N2O/c1-2-6-15(7-3-1)8-4-10-18-12-17-13-19-11-5-9-16(19)14-20-17/h1-3,6-7,16-18H,5,9-14H2. The molecular formula is C17H22N2O. The highest BCUT2D eigenvalue weighted by Gasteiger charge is 2.31. The molecule has 3 heteroatoms. The number of ether oxygens (including phenoxy) is 1. The summed E-state index contributed by atoms with van der Waals surface area (Å²) in [6.45, 7) is 4.84. The van der Waals surface area contributed by atoms with E-state index in [9.17, 15) is 0 Å². The van der Waals surface area contributed by atoms with E-state index in [1.165, 1.54) is 19.4 Å². The zero-order valence-electron chi connectivity index (χ0n) is 11.8. The van der Waals surface area contributed by atoms with Gasteiger partial charge in [0.25, 0.3) is 0 Å². The number of benzene rings is 1. The lowest BCUT2D eigenvalue weighted by Crippen LogP contribution is -2.49. The molecular weight excluding hydrogens is 248 g/mol. The van der Waals surface area contributed by atoms with Crippen molar-refractivity contribution in [2.75, 3.05) is 32.8 Å². The average Bonchev–Trinajstić information content (AvgIpc) is 2.95. The van der Waals surface area contributed by atoms with E-state index in [-0.39, 0.29) is 0 Å². The van der Waals surface area contributed by atoms with E-state index in [1.807, 2.05) is 30.3 Å². The number of morpholine rings is 1. The molecule has 0 bridgehead atoms. The molecule has 20 heavy (non-hydrogen) atoms. The number of hydrogen-bond donors (Lipinski definition) is 1. The molecule has 106 valence electrons. The Morgan fingerprint density at radius 1 is 1.30 bits per heavy atom. The van der Waals surface area contributed by atoms with Gasteiger partial charge in [-0.15, -0.1) is 0 Å². The van der Waals surface area contributed by atoms with Crippen molar-refractivity contribution in [3.8, 4) is 11.8 Å². The Kier molecular flexibility index (Phi) is 4.70. The summed E-state index contributed by atoms with van der Waals surface area (Å²) < 4.78 is 5.90. The predicted molar refractivity (Wildman–Crippen MR) is 80.5 cm³/mol. The molecule has 1 aromatic rings. The first-order chi connectivity index (χ1) is 9.92. The molecule has 0 amide bonds. The number of nitrogens with zero attached hydrogens (tertiary/aromatic N) is 1. The lowest BCUT2D eigenvalue weighted by Gasteiger charge is -2.35. The molecule has 0 aliphatic carbocycles. The Morgan fingerprint density at radius 2 is 2.20 bits per heavy atom. The first-order valence-corrected chi connectivity index (χ1v) is 7.52. The highest BCUT2D eigenvalue weighted by molar-refractivity contribution is 5.33. The van der Waals surface area contributed by atoms with Gasteiger partial charge in [-0.05, 0) is 31.5 Å². The van der Waals surface area contributed by atoms with Gasteiger partial charge in [-0.1, -0.05) is 30.0 Å². The third kappa shape index (κ3) is 3.61. The lowest BCUT2D eigenvalue weighted by atomic mass is 10.2. The van der Waals surface area contributed by atoms with E-state index in [4.69, 9.17) is 4.74 Å². The third-order valence-corrected chi connectivity index (χ3v) is 4.05. The highest BCUT2D eigenvalue weighted by Crippen LogP contribution is 2.22.